The van der Waals surface area contributed by atoms with E-state index >= 15 is 0 Å². The third kappa shape index (κ3) is 3.10. The van der Waals surface area contributed by atoms with Crippen LogP contribution in [0.3, 0.4) is 0 Å². The summed E-state index contributed by atoms with van der Waals surface area (Å²) in [5.41, 5.74) is 0.182. The van der Waals surface area contributed by atoms with Crippen molar-refractivity contribution in [2.75, 3.05) is 6.54 Å². The third-order valence-electron chi connectivity index (χ3n) is 3.87. The highest BCUT2D eigenvalue weighted by Crippen LogP contribution is 2.22. The van der Waals surface area contributed by atoms with Crippen molar-refractivity contribution >= 4 is 17.8 Å². The number of nitrogens with zero attached hydrogens (tertiary/aromatic N) is 1. The van der Waals surface area contributed by atoms with Crippen molar-refractivity contribution in [3.63, 3.8) is 0 Å². The summed E-state index contributed by atoms with van der Waals surface area (Å²) in [4.78, 5) is 37.1. The quantitative estimate of drug-likeness (QED) is 0.831. The summed E-state index contributed by atoms with van der Waals surface area (Å²) in [6, 6.07) is 7.21. The molecular weight excluding hydrogens is 284 g/mol. The van der Waals surface area contributed by atoms with Gasteiger partial charge < -0.3 is 15.3 Å². The zero-order chi connectivity index (χ0) is 16.3. The van der Waals surface area contributed by atoms with Crippen LogP contribution in [-0.2, 0) is 16.1 Å². The molecule has 2 N–H and O–H groups in total. The van der Waals surface area contributed by atoms with Crippen LogP contribution in [0.25, 0.3) is 0 Å². The number of carbonyl (C=O) groups excluding carboxylic acids is 2. The fourth-order valence-electron chi connectivity index (χ4n) is 2.69. The van der Waals surface area contributed by atoms with Crippen LogP contribution in [0.15, 0.2) is 24.3 Å². The zero-order valence-electron chi connectivity index (χ0n) is 12.8. The number of carboxylic acids is 1. The van der Waals surface area contributed by atoms with E-state index in [0.29, 0.717) is 24.9 Å². The molecule has 0 aliphatic carbocycles. The average Bonchev–Trinajstić information content (AvgIpc) is 2.76. The van der Waals surface area contributed by atoms with E-state index in [1.165, 1.54) is 11.8 Å². The number of carboxylic acid groups (broad SMARTS) is 1. The molecule has 1 aromatic rings. The number of hydrogen-bond acceptors (Lipinski definition) is 3. The van der Waals surface area contributed by atoms with Crippen LogP contribution in [-0.4, -0.2) is 39.9 Å². The molecule has 0 spiro atoms. The topological polar surface area (TPSA) is 86.7 Å². The van der Waals surface area contributed by atoms with Crippen LogP contribution in [0.5, 0.6) is 0 Å². The van der Waals surface area contributed by atoms with E-state index < -0.39 is 17.4 Å². The highest BCUT2D eigenvalue weighted by Gasteiger charge is 2.35. The average molecular weight is 304 g/mol. The van der Waals surface area contributed by atoms with Gasteiger partial charge in [-0.1, -0.05) is 31.5 Å². The summed E-state index contributed by atoms with van der Waals surface area (Å²) in [6.45, 7) is 3.57. The molecule has 1 atom stereocenters. The molecule has 6 heteroatoms. The zero-order valence-corrected chi connectivity index (χ0v) is 12.8. The van der Waals surface area contributed by atoms with Gasteiger partial charge in [0.15, 0.2) is 0 Å². The minimum atomic E-state index is -1.30. The molecular formula is C16H20N2O4. The van der Waals surface area contributed by atoms with Gasteiger partial charge in [0.1, 0.15) is 12.1 Å². The van der Waals surface area contributed by atoms with Crippen LogP contribution in [0.2, 0.25) is 0 Å². The van der Waals surface area contributed by atoms with Crippen molar-refractivity contribution in [3.05, 3.63) is 35.4 Å². The van der Waals surface area contributed by atoms with Gasteiger partial charge in [0, 0.05) is 12.1 Å². The van der Waals surface area contributed by atoms with E-state index in [1.807, 2.05) is 19.1 Å². The Kier molecular flexibility index (Phi) is 4.49. The molecule has 22 heavy (non-hydrogen) atoms. The van der Waals surface area contributed by atoms with E-state index in [9.17, 15) is 19.5 Å². The van der Waals surface area contributed by atoms with Crippen LogP contribution in [0.1, 0.15) is 42.6 Å². The summed E-state index contributed by atoms with van der Waals surface area (Å²) in [6.07, 6.45) is 0.972. The first kappa shape index (κ1) is 16.0. The molecule has 1 aromatic carbocycles. The van der Waals surface area contributed by atoms with E-state index in [-0.39, 0.29) is 12.5 Å². The third-order valence-corrected chi connectivity index (χ3v) is 3.87. The summed E-state index contributed by atoms with van der Waals surface area (Å²) in [7, 11) is 0. The maximum Gasteiger partial charge on any atom is 0.329 e. The molecule has 1 aliphatic heterocycles. The Morgan fingerprint density at radius 1 is 1.36 bits per heavy atom. The van der Waals surface area contributed by atoms with Crippen molar-refractivity contribution < 1.29 is 19.5 Å². The second-order valence-electron chi connectivity index (χ2n) is 5.75. The SMILES string of the molecule is CCCC(C)(NC(=O)CN1Cc2ccccc2C1=O)C(=O)O. The maximum atomic E-state index is 12.2. The second kappa shape index (κ2) is 6.17. The molecule has 0 aromatic heterocycles. The van der Waals surface area contributed by atoms with Gasteiger partial charge in [-0.2, -0.15) is 0 Å². The Hall–Kier alpha value is -2.37. The minimum Gasteiger partial charge on any atom is -0.480 e. The number of benzene rings is 1. The van der Waals surface area contributed by atoms with E-state index in [2.05, 4.69) is 5.32 Å². The lowest BCUT2D eigenvalue weighted by molar-refractivity contribution is -0.147. The number of aliphatic carboxylic acids is 1. The molecule has 2 rings (SSSR count). The predicted octanol–water partition coefficient (Wildman–Crippen LogP) is 1.40. The highest BCUT2D eigenvalue weighted by atomic mass is 16.4. The fraction of sp³-hybridized carbons (Fsp3) is 0.438. The Bertz CT molecular complexity index is 614. The summed E-state index contributed by atoms with van der Waals surface area (Å²) in [5, 5.41) is 11.8. The van der Waals surface area contributed by atoms with Crippen molar-refractivity contribution in [1.29, 1.82) is 0 Å². The molecule has 0 saturated heterocycles. The number of rotatable bonds is 6. The van der Waals surface area contributed by atoms with Crippen LogP contribution < -0.4 is 5.32 Å². The molecule has 0 saturated carbocycles. The Morgan fingerprint density at radius 2 is 2.05 bits per heavy atom. The van der Waals surface area contributed by atoms with Crippen LogP contribution in [0, 0.1) is 0 Å². The summed E-state index contributed by atoms with van der Waals surface area (Å²) >= 11 is 0. The molecule has 0 radical (unpaired) electrons. The van der Waals surface area contributed by atoms with E-state index in [4.69, 9.17) is 0 Å². The highest BCUT2D eigenvalue weighted by molar-refractivity contribution is 6.00. The Balaban J connectivity index is 2.02. The predicted molar refractivity (Wildman–Crippen MR) is 80.3 cm³/mol. The lowest BCUT2D eigenvalue weighted by Crippen LogP contribution is -2.54. The summed E-state index contributed by atoms with van der Waals surface area (Å²) < 4.78 is 0. The molecule has 1 unspecified atom stereocenters. The fourth-order valence-corrected chi connectivity index (χ4v) is 2.69. The number of hydrogen-bond donors (Lipinski definition) is 2. The Labute approximate surface area is 129 Å². The van der Waals surface area contributed by atoms with Crippen molar-refractivity contribution in [3.8, 4) is 0 Å². The second-order valence-corrected chi connectivity index (χ2v) is 5.75. The first-order valence-corrected chi connectivity index (χ1v) is 7.29. The van der Waals surface area contributed by atoms with Crippen LogP contribution >= 0.6 is 0 Å². The Morgan fingerprint density at radius 3 is 2.64 bits per heavy atom. The van der Waals surface area contributed by atoms with Gasteiger partial charge in [0.25, 0.3) is 5.91 Å². The van der Waals surface area contributed by atoms with E-state index in [0.717, 1.165) is 5.56 Å². The number of fused-ring (bicyclic) bond motifs is 1. The standard InChI is InChI=1S/C16H20N2O4/c1-3-8-16(2,15(21)22)17-13(19)10-18-9-11-6-4-5-7-12(11)14(18)20/h4-7H,3,8-10H2,1-2H3,(H,17,19)(H,21,22). The molecule has 6 nitrogen and oxygen atoms in total. The molecule has 118 valence electrons. The van der Waals surface area contributed by atoms with Gasteiger partial charge in [0.2, 0.25) is 5.91 Å². The van der Waals surface area contributed by atoms with Gasteiger partial charge in [-0.3, -0.25) is 9.59 Å². The van der Waals surface area contributed by atoms with Gasteiger partial charge in [-0.15, -0.1) is 0 Å². The minimum absolute atomic E-state index is 0.139. The van der Waals surface area contributed by atoms with Crippen molar-refractivity contribution in [2.45, 2.75) is 38.8 Å². The van der Waals surface area contributed by atoms with Crippen LogP contribution in [0.4, 0.5) is 0 Å². The lowest BCUT2D eigenvalue weighted by atomic mass is 9.96. The van der Waals surface area contributed by atoms with E-state index in [1.54, 1.807) is 12.1 Å². The largest absolute Gasteiger partial charge is 0.480 e. The number of amides is 2. The van der Waals surface area contributed by atoms with Gasteiger partial charge >= 0.3 is 5.97 Å². The monoisotopic (exact) mass is 304 g/mol. The molecule has 1 heterocycles. The van der Waals surface area contributed by atoms with Gasteiger partial charge in [-0.05, 0) is 25.0 Å². The normalized spacial score (nSPS) is 16.1. The first-order chi connectivity index (χ1) is 10.4. The molecule has 2 amide bonds. The lowest BCUT2D eigenvalue weighted by Gasteiger charge is -2.27. The van der Waals surface area contributed by atoms with Gasteiger partial charge in [0.05, 0.1) is 0 Å². The number of carbonyl (C=O) groups is 3. The maximum absolute atomic E-state index is 12.2. The molecule has 1 aliphatic rings. The molecule has 0 bridgehead atoms. The number of nitrogens with one attached hydrogen (secondary N) is 1. The summed E-state index contributed by atoms with van der Waals surface area (Å²) in [5.74, 6) is -1.73. The van der Waals surface area contributed by atoms with Gasteiger partial charge in [-0.25, -0.2) is 4.79 Å². The van der Waals surface area contributed by atoms with Crippen molar-refractivity contribution in [2.24, 2.45) is 0 Å². The van der Waals surface area contributed by atoms with Crippen molar-refractivity contribution in [1.82, 2.24) is 10.2 Å². The molecule has 0 fully saturated rings. The first-order valence-electron chi connectivity index (χ1n) is 7.29. The smallest absolute Gasteiger partial charge is 0.329 e.